The number of anilines is 1. The van der Waals surface area contributed by atoms with Gasteiger partial charge in [-0.05, 0) is 36.8 Å². The SMILES string of the molecule is CC(NC(=O)c1cccc(F)c1)c1ccccc1NS(C)(=O)=O. The maximum absolute atomic E-state index is 13.2. The number of nitrogens with one attached hydrogen (secondary N) is 2. The van der Waals surface area contributed by atoms with E-state index in [4.69, 9.17) is 0 Å². The predicted octanol–water partition coefficient (Wildman–Crippen LogP) is 2.69. The number of hydrogen-bond donors (Lipinski definition) is 2. The molecular weight excluding hydrogens is 319 g/mol. The molecule has 2 rings (SSSR count). The van der Waals surface area contributed by atoms with E-state index >= 15 is 0 Å². The molecule has 0 aliphatic carbocycles. The maximum atomic E-state index is 13.2. The summed E-state index contributed by atoms with van der Waals surface area (Å²) in [4.78, 5) is 12.2. The molecule has 7 heteroatoms. The van der Waals surface area contributed by atoms with Gasteiger partial charge in [-0.15, -0.1) is 0 Å². The van der Waals surface area contributed by atoms with Gasteiger partial charge in [-0.25, -0.2) is 12.8 Å². The number of benzene rings is 2. The lowest BCUT2D eigenvalue weighted by atomic mass is 10.1. The first-order chi connectivity index (χ1) is 10.8. The number of hydrogen-bond acceptors (Lipinski definition) is 3. The smallest absolute Gasteiger partial charge is 0.251 e. The molecule has 0 saturated heterocycles. The second-order valence-corrected chi connectivity index (χ2v) is 6.92. The summed E-state index contributed by atoms with van der Waals surface area (Å²) in [5.74, 6) is -0.935. The molecule has 2 aromatic rings. The lowest BCUT2D eigenvalue weighted by molar-refractivity contribution is 0.0939. The highest BCUT2D eigenvalue weighted by Gasteiger charge is 2.16. The van der Waals surface area contributed by atoms with E-state index in [0.29, 0.717) is 11.3 Å². The van der Waals surface area contributed by atoms with Crippen LogP contribution in [0.25, 0.3) is 0 Å². The van der Waals surface area contributed by atoms with Crippen LogP contribution in [0, 0.1) is 5.82 Å². The van der Waals surface area contributed by atoms with Crippen molar-refractivity contribution in [2.24, 2.45) is 0 Å². The van der Waals surface area contributed by atoms with E-state index in [1.54, 1.807) is 31.2 Å². The van der Waals surface area contributed by atoms with Crippen LogP contribution in [0.2, 0.25) is 0 Å². The third-order valence-corrected chi connectivity index (χ3v) is 3.75. The molecule has 2 N–H and O–H groups in total. The largest absolute Gasteiger partial charge is 0.345 e. The first-order valence-electron chi connectivity index (χ1n) is 6.89. The molecule has 0 radical (unpaired) electrons. The van der Waals surface area contributed by atoms with Crippen LogP contribution in [-0.4, -0.2) is 20.6 Å². The zero-order valence-electron chi connectivity index (χ0n) is 12.7. The lowest BCUT2D eigenvalue weighted by Gasteiger charge is -2.18. The Hall–Kier alpha value is -2.41. The summed E-state index contributed by atoms with van der Waals surface area (Å²) in [7, 11) is -3.43. The van der Waals surface area contributed by atoms with Crippen LogP contribution in [0.15, 0.2) is 48.5 Å². The van der Waals surface area contributed by atoms with E-state index in [2.05, 4.69) is 10.0 Å². The summed E-state index contributed by atoms with van der Waals surface area (Å²) >= 11 is 0. The number of halogens is 1. The minimum absolute atomic E-state index is 0.199. The summed E-state index contributed by atoms with van der Waals surface area (Å²) < 4.78 is 38.4. The van der Waals surface area contributed by atoms with Crippen molar-refractivity contribution in [3.63, 3.8) is 0 Å². The van der Waals surface area contributed by atoms with Crippen molar-refractivity contribution in [3.8, 4) is 0 Å². The maximum Gasteiger partial charge on any atom is 0.251 e. The molecule has 0 fully saturated rings. The second kappa shape index (κ2) is 6.78. The van der Waals surface area contributed by atoms with Crippen molar-refractivity contribution in [2.45, 2.75) is 13.0 Å². The fourth-order valence-corrected chi connectivity index (χ4v) is 2.74. The van der Waals surface area contributed by atoms with Gasteiger partial charge < -0.3 is 5.32 Å². The normalized spacial score (nSPS) is 12.5. The summed E-state index contributed by atoms with van der Waals surface area (Å²) in [6.45, 7) is 1.72. The molecule has 23 heavy (non-hydrogen) atoms. The molecule has 0 spiro atoms. The van der Waals surface area contributed by atoms with Gasteiger partial charge in [0.25, 0.3) is 5.91 Å². The van der Waals surface area contributed by atoms with Crippen LogP contribution >= 0.6 is 0 Å². The fourth-order valence-electron chi connectivity index (χ4n) is 2.15. The standard InChI is InChI=1S/C16H17FN2O3S/c1-11(18-16(20)12-6-5-7-13(17)10-12)14-8-3-4-9-15(14)19-23(2,21)22/h3-11,19H,1-2H3,(H,18,20). The molecule has 1 amide bonds. The number of sulfonamides is 1. The number of carbonyl (C=O) groups is 1. The molecule has 0 aliphatic heterocycles. The van der Waals surface area contributed by atoms with Crippen molar-refractivity contribution < 1.29 is 17.6 Å². The molecule has 5 nitrogen and oxygen atoms in total. The lowest BCUT2D eigenvalue weighted by Crippen LogP contribution is -2.27. The van der Waals surface area contributed by atoms with Gasteiger partial charge in [0.2, 0.25) is 10.0 Å². The van der Waals surface area contributed by atoms with Crippen LogP contribution in [0.5, 0.6) is 0 Å². The Kier molecular flexibility index (Phi) is 5.00. The topological polar surface area (TPSA) is 75.3 Å². The summed E-state index contributed by atoms with van der Waals surface area (Å²) in [6.07, 6.45) is 1.06. The minimum Gasteiger partial charge on any atom is -0.345 e. The Morgan fingerprint density at radius 1 is 1.13 bits per heavy atom. The first kappa shape index (κ1) is 17.0. The molecule has 0 aliphatic rings. The second-order valence-electron chi connectivity index (χ2n) is 5.17. The van der Waals surface area contributed by atoms with Crippen molar-refractivity contribution >= 4 is 21.6 Å². The van der Waals surface area contributed by atoms with E-state index in [0.717, 1.165) is 12.3 Å². The van der Waals surface area contributed by atoms with Crippen LogP contribution < -0.4 is 10.0 Å². The van der Waals surface area contributed by atoms with Crippen molar-refractivity contribution in [1.82, 2.24) is 5.32 Å². The average molecular weight is 336 g/mol. The number of para-hydroxylation sites is 1. The molecule has 122 valence electrons. The van der Waals surface area contributed by atoms with E-state index in [1.807, 2.05) is 0 Å². The summed E-state index contributed by atoms with van der Waals surface area (Å²) in [6, 6.07) is 11.7. The van der Waals surface area contributed by atoms with Crippen LogP contribution in [0.1, 0.15) is 28.9 Å². The highest BCUT2D eigenvalue weighted by Crippen LogP contribution is 2.23. The summed E-state index contributed by atoms with van der Waals surface area (Å²) in [5.41, 5.74) is 1.20. The Bertz CT molecular complexity index is 822. The Morgan fingerprint density at radius 2 is 1.83 bits per heavy atom. The van der Waals surface area contributed by atoms with Crippen LogP contribution in [-0.2, 0) is 10.0 Å². The molecule has 0 aromatic heterocycles. The van der Waals surface area contributed by atoms with Gasteiger partial charge in [0.15, 0.2) is 0 Å². The van der Waals surface area contributed by atoms with Crippen molar-refractivity contribution in [2.75, 3.05) is 11.0 Å². The minimum atomic E-state index is -3.43. The molecule has 2 aromatic carbocycles. The summed E-state index contributed by atoms with van der Waals surface area (Å²) in [5, 5.41) is 2.73. The van der Waals surface area contributed by atoms with E-state index in [-0.39, 0.29) is 5.56 Å². The molecule has 1 atom stereocenters. The average Bonchev–Trinajstić information content (AvgIpc) is 2.46. The van der Waals surface area contributed by atoms with E-state index in [9.17, 15) is 17.6 Å². The molecule has 1 unspecified atom stereocenters. The zero-order valence-corrected chi connectivity index (χ0v) is 13.5. The van der Waals surface area contributed by atoms with Gasteiger partial charge >= 0.3 is 0 Å². The van der Waals surface area contributed by atoms with Gasteiger partial charge in [-0.2, -0.15) is 0 Å². The van der Waals surface area contributed by atoms with Gasteiger partial charge in [0.05, 0.1) is 18.0 Å². The van der Waals surface area contributed by atoms with Gasteiger partial charge in [-0.3, -0.25) is 9.52 Å². The molecule has 0 bridgehead atoms. The molecular formula is C16H17FN2O3S. The van der Waals surface area contributed by atoms with Crippen LogP contribution in [0.3, 0.4) is 0 Å². The zero-order chi connectivity index (χ0) is 17.0. The third kappa shape index (κ3) is 4.79. The Balaban J connectivity index is 2.21. The van der Waals surface area contributed by atoms with Crippen molar-refractivity contribution in [1.29, 1.82) is 0 Å². The predicted molar refractivity (Wildman–Crippen MR) is 87.2 cm³/mol. The molecule has 0 heterocycles. The van der Waals surface area contributed by atoms with Crippen LogP contribution in [0.4, 0.5) is 10.1 Å². The number of rotatable bonds is 5. The first-order valence-corrected chi connectivity index (χ1v) is 8.78. The quantitative estimate of drug-likeness (QED) is 0.881. The van der Waals surface area contributed by atoms with Crippen molar-refractivity contribution in [3.05, 3.63) is 65.5 Å². The third-order valence-electron chi connectivity index (χ3n) is 3.16. The Labute approximate surface area is 134 Å². The number of carbonyl (C=O) groups excluding carboxylic acids is 1. The molecule has 0 saturated carbocycles. The van der Waals surface area contributed by atoms with Gasteiger partial charge in [0, 0.05) is 5.56 Å². The highest BCUT2D eigenvalue weighted by atomic mass is 32.2. The monoisotopic (exact) mass is 336 g/mol. The van der Waals surface area contributed by atoms with Gasteiger partial charge in [-0.1, -0.05) is 24.3 Å². The number of amides is 1. The Morgan fingerprint density at radius 3 is 2.48 bits per heavy atom. The van der Waals surface area contributed by atoms with E-state index in [1.165, 1.54) is 18.2 Å². The van der Waals surface area contributed by atoms with Gasteiger partial charge in [0.1, 0.15) is 5.82 Å². The van der Waals surface area contributed by atoms with E-state index < -0.39 is 27.8 Å². The fraction of sp³-hybridized carbons (Fsp3) is 0.188. The highest BCUT2D eigenvalue weighted by molar-refractivity contribution is 7.92.